The van der Waals surface area contributed by atoms with Gasteiger partial charge in [-0.25, -0.2) is 0 Å². The van der Waals surface area contributed by atoms with E-state index in [2.05, 4.69) is 23.6 Å². The van der Waals surface area contributed by atoms with E-state index in [0.717, 1.165) is 24.9 Å². The molecule has 2 heterocycles. The molecule has 0 bridgehead atoms. The summed E-state index contributed by atoms with van der Waals surface area (Å²) in [6, 6.07) is 8.39. The highest BCUT2D eigenvalue weighted by Gasteiger charge is 2.19. The van der Waals surface area contributed by atoms with Crippen LogP contribution >= 0.6 is 0 Å². The Hall–Kier alpha value is -1.57. The van der Waals surface area contributed by atoms with Crippen molar-refractivity contribution in [1.29, 1.82) is 0 Å². The molecule has 0 aliphatic carbocycles. The Morgan fingerprint density at radius 3 is 3.06 bits per heavy atom. The van der Waals surface area contributed by atoms with E-state index in [0.29, 0.717) is 12.2 Å². The van der Waals surface area contributed by atoms with Crippen LogP contribution in [0.5, 0.6) is 0 Å². The maximum absolute atomic E-state index is 12.1. The molecule has 2 nitrogen and oxygen atoms in total. The molecule has 2 aromatic rings. The fraction of sp³-hybridized carbons (Fsp3) is 0.438. The molecule has 0 N–H and O–H groups in total. The molecule has 1 aliphatic rings. The number of hydrogen-bond donors (Lipinski definition) is 0. The number of aryl methyl sites for hydroxylation is 2. The first kappa shape index (κ1) is 11.5. The maximum Gasteiger partial charge on any atom is 0.165 e. The Morgan fingerprint density at radius 2 is 2.22 bits per heavy atom. The summed E-state index contributed by atoms with van der Waals surface area (Å²) in [5.41, 5.74) is 3.49. The first-order valence-corrected chi connectivity index (χ1v) is 6.95. The average molecular weight is 241 g/mol. The fourth-order valence-corrected chi connectivity index (χ4v) is 2.96. The Labute approximate surface area is 108 Å². The number of unbranched alkanes of at least 4 members (excludes halogenated alkanes) is 1. The van der Waals surface area contributed by atoms with Crippen LogP contribution in [0.1, 0.15) is 48.7 Å². The molecule has 2 heteroatoms. The van der Waals surface area contributed by atoms with Crippen molar-refractivity contribution in [2.45, 2.75) is 45.6 Å². The van der Waals surface area contributed by atoms with E-state index >= 15 is 0 Å². The molecule has 0 saturated heterocycles. The van der Waals surface area contributed by atoms with Crippen molar-refractivity contribution < 1.29 is 4.79 Å². The number of hydrogen-bond acceptors (Lipinski definition) is 1. The van der Waals surface area contributed by atoms with Gasteiger partial charge in [-0.15, -0.1) is 0 Å². The van der Waals surface area contributed by atoms with Crippen molar-refractivity contribution in [1.82, 2.24) is 4.57 Å². The van der Waals surface area contributed by atoms with Crippen LogP contribution in [0.25, 0.3) is 10.9 Å². The molecule has 0 unspecified atom stereocenters. The molecule has 1 aromatic carbocycles. The number of rotatable bonds is 3. The second-order valence-electron chi connectivity index (χ2n) is 5.16. The maximum atomic E-state index is 12.1. The molecule has 0 fully saturated rings. The van der Waals surface area contributed by atoms with Crippen LogP contribution in [-0.4, -0.2) is 10.4 Å². The number of carbonyl (C=O) groups excluding carboxylic acids is 1. The number of benzene rings is 1. The lowest BCUT2D eigenvalue weighted by Crippen LogP contribution is -2.02. The lowest BCUT2D eigenvalue weighted by molar-refractivity contribution is 0.0982. The van der Waals surface area contributed by atoms with E-state index in [1.807, 2.05) is 12.1 Å². The first-order valence-electron chi connectivity index (χ1n) is 6.95. The second kappa shape index (κ2) is 4.60. The van der Waals surface area contributed by atoms with E-state index in [-0.39, 0.29) is 0 Å². The smallest absolute Gasteiger partial charge is 0.165 e. The van der Waals surface area contributed by atoms with E-state index in [1.54, 1.807) is 0 Å². The Morgan fingerprint density at radius 1 is 1.33 bits per heavy atom. The summed E-state index contributed by atoms with van der Waals surface area (Å²) in [6.45, 7) is 3.21. The van der Waals surface area contributed by atoms with Crippen molar-refractivity contribution in [3.8, 4) is 0 Å². The number of carbonyl (C=O) groups is 1. The highest BCUT2D eigenvalue weighted by Crippen LogP contribution is 2.28. The number of Topliss-reactive ketones (excluding diaryl/α,β-unsaturated/α-hetero) is 1. The van der Waals surface area contributed by atoms with Crippen LogP contribution in [0, 0.1) is 0 Å². The zero-order valence-corrected chi connectivity index (χ0v) is 10.9. The third-order valence-electron chi connectivity index (χ3n) is 3.88. The fourth-order valence-electron chi connectivity index (χ4n) is 2.96. The lowest BCUT2D eigenvalue weighted by atomic mass is 10.1. The zero-order chi connectivity index (χ0) is 12.5. The highest BCUT2D eigenvalue weighted by molar-refractivity contribution is 6.07. The van der Waals surface area contributed by atoms with Crippen molar-refractivity contribution in [2.75, 3.05) is 0 Å². The first-order chi connectivity index (χ1) is 8.81. The van der Waals surface area contributed by atoms with Gasteiger partial charge in [-0.2, -0.15) is 0 Å². The van der Waals surface area contributed by atoms with Crippen LogP contribution in [0.2, 0.25) is 0 Å². The molecule has 18 heavy (non-hydrogen) atoms. The molecule has 3 rings (SSSR count). The zero-order valence-electron chi connectivity index (χ0n) is 10.9. The van der Waals surface area contributed by atoms with Crippen LogP contribution in [-0.2, 0) is 13.0 Å². The van der Waals surface area contributed by atoms with Gasteiger partial charge in [-0.05, 0) is 31.4 Å². The van der Waals surface area contributed by atoms with Gasteiger partial charge in [0.05, 0.1) is 5.52 Å². The van der Waals surface area contributed by atoms with E-state index in [9.17, 15) is 4.79 Å². The summed E-state index contributed by atoms with van der Waals surface area (Å²) in [7, 11) is 0. The summed E-state index contributed by atoms with van der Waals surface area (Å²) < 4.78 is 2.38. The summed E-state index contributed by atoms with van der Waals surface area (Å²) in [5.74, 6) is 0.305. The second-order valence-corrected chi connectivity index (χ2v) is 5.16. The molecule has 0 saturated carbocycles. The molecule has 0 amide bonds. The number of ketones is 1. The van der Waals surface area contributed by atoms with Gasteiger partial charge in [-0.3, -0.25) is 4.79 Å². The summed E-state index contributed by atoms with van der Waals surface area (Å²) >= 11 is 0. The van der Waals surface area contributed by atoms with Crippen LogP contribution in [0.4, 0.5) is 0 Å². The molecule has 1 aliphatic heterocycles. The van der Waals surface area contributed by atoms with Crippen molar-refractivity contribution >= 4 is 16.7 Å². The van der Waals surface area contributed by atoms with Gasteiger partial charge in [0.1, 0.15) is 0 Å². The van der Waals surface area contributed by atoms with E-state index in [4.69, 9.17) is 0 Å². The van der Waals surface area contributed by atoms with Gasteiger partial charge in [0.15, 0.2) is 5.78 Å². The molecule has 0 spiro atoms. The number of aromatic nitrogens is 1. The summed E-state index contributed by atoms with van der Waals surface area (Å²) in [6.07, 6.45) is 5.22. The van der Waals surface area contributed by atoms with Gasteiger partial charge in [-0.1, -0.05) is 25.5 Å². The van der Waals surface area contributed by atoms with E-state index < -0.39 is 0 Å². The standard InChI is InChI=1S/C16H19NO/c1-2-3-7-13-11-12-6-4-8-14-15(18)9-5-10-17(13)16(12)14/h4,6,8,11H,2-3,5,7,9-10H2,1H3. The van der Waals surface area contributed by atoms with Crippen molar-refractivity contribution in [3.05, 3.63) is 35.5 Å². The summed E-state index contributed by atoms with van der Waals surface area (Å²) in [5, 5.41) is 1.23. The number of nitrogens with zero attached hydrogens (tertiary/aromatic N) is 1. The van der Waals surface area contributed by atoms with Gasteiger partial charge < -0.3 is 4.57 Å². The quantitative estimate of drug-likeness (QED) is 0.797. The van der Waals surface area contributed by atoms with Crippen molar-refractivity contribution in [3.63, 3.8) is 0 Å². The predicted molar refractivity (Wildman–Crippen MR) is 74.1 cm³/mol. The highest BCUT2D eigenvalue weighted by atomic mass is 16.1. The topological polar surface area (TPSA) is 22.0 Å². The largest absolute Gasteiger partial charge is 0.344 e. The van der Waals surface area contributed by atoms with Crippen LogP contribution in [0.3, 0.4) is 0 Å². The van der Waals surface area contributed by atoms with E-state index in [1.165, 1.54) is 29.4 Å². The van der Waals surface area contributed by atoms with Crippen LogP contribution in [0.15, 0.2) is 24.3 Å². The normalized spacial score (nSPS) is 15.1. The molecule has 1 aromatic heterocycles. The minimum absolute atomic E-state index is 0.305. The minimum atomic E-state index is 0.305. The Balaban J connectivity index is 2.19. The Bertz CT molecular complexity index is 594. The summed E-state index contributed by atoms with van der Waals surface area (Å²) in [4.78, 5) is 12.1. The lowest BCUT2D eigenvalue weighted by Gasteiger charge is -2.08. The van der Waals surface area contributed by atoms with Crippen molar-refractivity contribution in [2.24, 2.45) is 0 Å². The third-order valence-corrected chi connectivity index (χ3v) is 3.88. The van der Waals surface area contributed by atoms with Crippen LogP contribution < -0.4 is 0 Å². The van der Waals surface area contributed by atoms with Gasteiger partial charge in [0.2, 0.25) is 0 Å². The molecule has 0 atom stereocenters. The molecule has 0 radical (unpaired) electrons. The number of para-hydroxylation sites is 1. The molecular weight excluding hydrogens is 222 g/mol. The van der Waals surface area contributed by atoms with Gasteiger partial charge in [0.25, 0.3) is 0 Å². The monoisotopic (exact) mass is 241 g/mol. The molecule has 94 valence electrons. The average Bonchev–Trinajstić information content (AvgIpc) is 2.64. The minimum Gasteiger partial charge on any atom is -0.344 e. The predicted octanol–water partition coefficient (Wildman–Crippen LogP) is 3.96. The SMILES string of the molecule is CCCCc1cc2cccc3c2n1CCCC3=O. The third kappa shape index (κ3) is 1.76. The molecular formula is C16H19NO. The van der Waals surface area contributed by atoms with Gasteiger partial charge >= 0.3 is 0 Å². The Kier molecular flexibility index (Phi) is 2.94. The van der Waals surface area contributed by atoms with Gasteiger partial charge in [0, 0.05) is 29.6 Å².